The second kappa shape index (κ2) is 10.4. The van der Waals surface area contributed by atoms with Gasteiger partial charge in [-0.1, -0.05) is 48.5 Å². The van der Waals surface area contributed by atoms with Crippen molar-refractivity contribution in [2.75, 3.05) is 18.4 Å². The van der Waals surface area contributed by atoms with Crippen molar-refractivity contribution in [3.8, 4) is 0 Å². The second-order valence-electron chi connectivity index (χ2n) is 7.81. The van der Waals surface area contributed by atoms with Crippen LogP contribution < -0.4 is 5.32 Å². The molecule has 1 aliphatic rings. The van der Waals surface area contributed by atoms with Gasteiger partial charge in [0.2, 0.25) is 5.91 Å². The molecule has 0 saturated carbocycles. The van der Waals surface area contributed by atoms with Gasteiger partial charge in [-0.05, 0) is 31.5 Å². The van der Waals surface area contributed by atoms with Crippen LogP contribution in [0, 0.1) is 0 Å². The molecule has 1 saturated heterocycles. The molecule has 1 fully saturated rings. The summed E-state index contributed by atoms with van der Waals surface area (Å²) in [4.78, 5) is 21.3. The zero-order valence-electron chi connectivity index (χ0n) is 17.7. The van der Waals surface area contributed by atoms with E-state index in [1.54, 1.807) is 11.8 Å². The Morgan fingerprint density at radius 1 is 1.13 bits per heavy atom. The average Bonchev–Trinajstić information content (AvgIpc) is 3.19. The van der Waals surface area contributed by atoms with E-state index >= 15 is 0 Å². The van der Waals surface area contributed by atoms with Gasteiger partial charge < -0.3 is 10.1 Å². The molecule has 5 nitrogen and oxygen atoms in total. The van der Waals surface area contributed by atoms with Gasteiger partial charge >= 0.3 is 0 Å². The normalized spacial score (nSPS) is 20.3. The number of carbonyl (C=O) groups is 1. The highest BCUT2D eigenvalue weighted by atomic mass is 32.2. The molecule has 1 aromatic heterocycles. The fourth-order valence-corrected chi connectivity index (χ4v) is 5.54. The third-order valence-electron chi connectivity index (χ3n) is 5.00. The van der Waals surface area contributed by atoms with Crippen molar-refractivity contribution >= 4 is 34.1 Å². The van der Waals surface area contributed by atoms with Gasteiger partial charge in [0.25, 0.3) is 0 Å². The maximum atomic E-state index is 13.2. The Balaban J connectivity index is 1.44. The molecule has 1 amide bonds. The van der Waals surface area contributed by atoms with Gasteiger partial charge in [-0.25, -0.2) is 4.98 Å². The predicted molar refractivity (Wildman–Crippen MR) is 128 cm³/mol. The summed E-state index contributed by atoms with van der Waals surface area (Å²) < 4.78 is 5.81. The summed E-state index contributed by atoms with van der Waals surface area (Å²) in [6.07, 6.45) is 0.450. The molecule has 2 aromatic carbocycles. The first-order valence-corrected chi connectivity index (χ1v) is 12.2. The van der Waals surface area contributed by atoms with Crippen LogP contribution in [-0.2, 0) is 16.1 Å². The summed E-state index contributed by atoms with van der Waals surface area (Å²) in [6, 6.07) is 19.9. The molecule has 31 heavy (non-hydrogen) atoms. The van der Waals surface area contributed by atoms with Crippen LogP contribution in [-0.4, -0.2) is 41.1 Å². The van der Waals surface area contributed by atoms with Gasteiger partial charge in [0.1, 0.15) is 5.25 Å². The Kier molecular flexibility index (Phi) is 7.40. The molecule has 4 rings (SSSR count). The first-order chi connectivity index (χ1) is 15.1. The lowest BCUT2D eigenvalue weighted by molar-refractivity contribution is -0.115. The van der Waals surface area contributed by atoms with Crippen LogP contribution in [0.5, 0.6) is 0 Å². The van der Waals surface area contributed by atoms with Gasteiger partial charge in [-0.2, -0.15) is 0 Å². The number of benzene rings is 2. The summed E-state index contributed by atoms with van der Waals surface area (Å²) in [6.45, 7) is 6.76. The van der Waals surface area contributed by atoms with Crippen molar-refractivity contribution in [3.05, 3.63) is 77.3 Å². The predicted octanol–water partition coefficient (Wildman–Crippen LogP) is 5.22. The van der Waals surface area contributed by atoms with Gasteiger partial charge in [0.15, 0.2) is 5.13 Å². The van der Waals surface area contributed by atoms with Crippen molar-refractivity contribution in [2.45, 2.75) is 42.7 Å². The topological polar surface area (TPSA) is 54.5 Å². The maximum absolute atomic E-state index is 13.2. The molecule has 0 radical (unpaired) electrons. The Bertz CT molecular complexity index is 971. The fraction of sp³-hybridized carbons (Fsp3) is 0.333. The highest BCUT2D eigenvalue weighted by Gasteiger charge is 2.25. The molecule has 1 aliphatic heterocycles. The van der Waals surface area contributed by atoms with Crippen molar-refractivity contribution in [1.82, 2.24) is 9.88 Å². The summed E-state index contributed by atoms with van der Waals surface area (Å²) in [7, 11) is 0. The maximum Gasteiger partial charge on any atom is 0.244 e. The Hall–Kier alpha value is -2.19. The van der Waals surface area contributed by atoms with Crippen LogP contribution in [0.2, 0.25) is 0 Å². The van der Waals surface area contributed by atoms with Gasteiger partial charge in [0.05, 0.1) is 17.9 Å². The number of anilines is 1. The van der Waals surface area contributed by atoms with E-state index in [0.717, 1.165) is 35.8 Å². The number of carbonyl (C=O) groups excluding carboxylic acids is 1. The molecule has 2 heterocycles. The van der Waals surface area contributed by atoms with E-state index in [-0.39, 0.29) is 23.4 Å². The van der Waals surface area contributed by atoms with Gasteiger partial charge in [0, 0.05) is 29.9 Å². The van der Waals surface area contributed by atoms with Crippen LogP contribution in [0.25, 0.3) is 0 Å². The monoisotopic (exact) mass is 453 g/mol. The number of hydrogen-bond donors (Lipinski definition) is 1. The molecular formula is C24H27N3O2S2. The number of thiazole rings is 1. The van der Waals surface area contributed by atoms with Crippen LogP contribution >= 0.6 is 23.1 Å². The lowest BCUT2D eigenvalue weighted by Gasteiger charge is -2.34. The Morgan fingerprint density at radius 3 is 2.45 bits per heavy atom. The molecule has 0 aliphatic carbocycles. The standard InChI is InChI=1S/C24H27N3O2S2/c1-17-13-27(14-18(2)29-17)15-20-16-30-24(25-20)26-23(28)22(19-9-5-3-6-10-19)31-21-11-7-4-8-12-21/h3-12,16-18,22H,13-15H2,1-2H3,(H,25,26,28). The number of nitrogens with zero attached hydrogens (tertiary/aromatic N) is 2. The minimum absolute atomic E-state index is 0.0606. The van der Waals surface area contributed by atoms with E-state index < -0.39 is 0 Å². The zero-order valence-corrected chi connectivity index (χ0v) is 19.4. The third-order valence-corrected chi connectivity index (χ3v) is 7.07. The summed E-state index contributed by atoms with van der Waals surface area (Å²) in [5.41, 5.74) is 1.95. The smallest absolute Gasteiger partial charge is 0.244 e. The lowest BCUT2D eigenvalue weighted by atomic mass is 10.1. The van der Waals surface area contributed by atoms with E-state index in [1.807, 2.05) is 66.0 Å². The summed E-state index contributed by atoms with van der Waals surface area (Å²) in [5.74, 6) is -0.0606. The van der Waals surface area contributed by atoms with Crippen LogP contribution in [0.15, 0.2) is 70.9 Å². The van der Waals surface area contributed by atoms with Gasteiger partial charge in [-0.3, -0.25) is 9.69 Å². The molecule has 162 valence electrons. The van der Waals surface area contributed by atoms with Gasteiger partial charge in [-0.15, -0.1) is 23.1 Å². The second-order valence-corrected chi connectivity index (χ2v) is 9.84. The van der Waals surface area contributed by atoms with Crippen LogP contribution in [0.4, 0.5) is 5.13 Å². The number of aromatic nitrogens is 1. The number of amides is 1. The average molecular weight is 454 g/mol. The van der Waals surface area contributed by atoms with E-state index in [2.05, 4.69) is 29.0 Å². The number of thioether (sulfide) groups is 1. The van der Waals surface area contributed by atoms with Crippen molar-refractivity contribution in [2.24, 2.45) is 0 Å². The molecule has 3 atom stereocenters. The highest BCUT2D eigenvalue weighted by molar-refractivity contribution is 8.00. The summed E-state index contributed by atoms with van der Waals surface area (Å²) >= 11 is 3.02. The molecule has 0 spiro atoms. The SMILES string of the molecule is CC1CN(Cc2csc(NC(=O)C(Sc3ccccc3)c3ccccc3)n2)CC(C)O1. The minimum atomic E-state index is -0.350. The molecule has 3 aromatic rings. The molecule has 0 bridgehead atoms. The van der Waals surface area contributed by atoms with Crippen molar-refractivity contribution in [1.29, 1.82) is 0 Å². The fourth-order valence-electron chi connectivity index (χ4n) is 3.79. The zero-order chi connectivity index (χ0) is 21.6. The molecule has 3 unspecified atom stereocenters. The largest absolute Gasteiger partial charge is 0.373 e. The number of ether oxygens (including phenoxy) is 1. The lowest BCUT2D eigenvalue weighted by Crippen LogP contribution is -2.44. The number of nitrogens with one attached hydrogen (secondary N) is 1. The van der Waals surface area contributed by atoms with Crippen LogP contribution in [0.1, 0.15) is 30.4 Å². The van der Waals surface area contributed by atoms with E-state index in [1.165, 1.54) is 11.3 Å². The Labute approximate surface area is 191 Å². The molecular weight excluding hydrogens is 426 g/mol. The molecule has 7 heteroatoms. The number of hydrogen-bond acceptors (Lipinski definition) is 6. The van der Waals surface area contributed by atoms with Crippen molar-refractivity contribution in [3.63, 3.8) is 0 Å². The quantitative estimate of drug-likeness (QED) is 0.497. The third kappa shape index (κ3) is 6.17. The first-order valence-electron chi connectivity index (χ1n) is 10.5. The first kappa shape index (κ1) is 22.0. The number of rotatable bonds is 7. The Morgan fingerprint density at radius 2 is 1.77 bits per heavy atom. The van der Waals surface area contributed by atoms with Crippen LogP contribution in [0.3, 0.4) is 0 Å². The van der Waals surface area contributed by atoms with Crippen molar-refractivity contribution < 1.29 is 9.53 Å². The van der Waals surface area contributed by atoms with E-state index in [4.69, 9.17) is 4.74 Å². The minimum Gasteiger partial charge on any atom is -0.373 e. The summed E-state index contributed by atoms with van der Waals surface area (Å²) in [5, 5.41) is 5.36. The van der Waals surface area contributed by atoms with E-state index in [9.17, 15) is 4.79 Å². The molecule has 1 N–H and O–H groups in total. The number of morpholine rings is 1. The highest BCUT2D eigenvalue weighted by Crippen LogP contribution is 2.36. The van der Waals surface area contributed by atoms with E-state index in [0.29, 0.717) is 5.13 Å².